The molecule has 1 fully saturated rings. The van der Waals surface area contributed by atoms with Crippen LogP contribution in [0.3, 0.4) is 0 Å². The molecule has 32 heavy (non-hydrogen) atoms. The number of benzene rings is 2. The summed E-state index contributed by atoms with van der Waals surface area (Å²) in [4.78, 5) is 12.5. The Hall–Kier alpha value is -2.51. The molecular weight excluding hydrogens is 444 g/mol. The molecule has 0 bridgehead atoms. The maximum Gasteiger partial charge on any atom is 0.223 e. The molecule has 0 radical (unpaired) electrons. The van der Waals surface area contributed by atoms with Crippen LogP contribution in [0.15, 0.2) is 47.6 Å². The average Bonchev–Trinajstić information content (AvgIpc) is 3.16. The van der Waals surface area contributed by atoms with Gasteiger partial charge in [0, 0.05) is 16.7 Å². The Labute approximate surface area is 197 Å². The highest BCUT2D eigenvalue weighted by molar-refractivity contribution is 7.98. The predicted octanol–water partition coefficient (Wildman–Crippen LogP) is 5.51. The number of amides is 1. The monoisotopic (exact) mass is 470 g/mol. The molecular formula is C24H27ClN4O2S. The molecule has 168 valence electrons. The fourth-order valence-electron chi connectivity index (χ4n) is 3.68. The van der Waals surface area contributed by atoms with Crippen molar-refractivity contribution in [2.75, 3.05) is 7.11 Å². The van der Waals surface area contributed by atoms with Crippen LogP contribution in [-0.4, -0.2) is 27.8 Å². The first-order chi connectivity index (χ1) is 15.5. The molecule has 1 saturated carbocycles. The summed E-state index contributed by atoms with van der Waals surface area (Å²) in [6.07, 6.45) is 3.04. The van der Waals surface area contributed by atoms with Gasteiger partial charge in [0.25, 0.3) is 0 Å². The number of carbonyl (C=O) groups is 1. The highest BCUT2D eigenvalue weighted by Gasteiger charge is 2.28. The van der Waals surface area contributed by atoms with Crippen molar-refractivity contribution in [1.82, 2.24) is 20.1 Å². The normalized spacial score (nSPS) is 14.6. The first-order valence-electron chi connectivity index (χ1n) is 10.7. The lowest BCUT2D eigenvalue weighted by Gasteiger charge is -2.26. The van der Waals surface area contributed by atoms with Gasteiger partial charge < -0.3 is 10.1 Å². The quantitative estimate of drug-likeness (QED) is 0.440. The minimum atomic E-state index is -0.278. The fraction of sp³-hybridized carbons (Fsp3) is 0.375. The van der Waals surface area contributed by atoms with Crippen LogP contribution >= 0.6 is 23.4 Å². The summed E-state index contributed by atoms with van der Waals surface area (Å²) in [7, 11) is 1.66. The molecule has 1 heterocycles. The van der Waals surface area contributed by atoms with E-state index in [1.165, 1.54) is 0 Å². The van der Waals surface area contributed by atoms with Crippen molar-refractivity contribution in [3.63, 3.8) is 0 Å². The highest BCUT2D eigenvalue weighted by atomic mass is 35.5. The van der Waals surface area contributed by atoms with Crippen molar-refractivity contribution in [1.29, 1.82) is 0 Å². The number of ether oxygens (including phenoxy) is 1. The second kappa shape index (κ2) is 9.96. The maximum atomic E-state index is 12.5. The van der Waals surface area contributed by atoms with E-state index in [2.05, 4.69) is 21.6 Å². The van der Waals surface area contributed by atoms with Crippen molar-refractivity contribution >= 4 is 29.3 Å². The van der Waals surface area contributed by atoms with Crippen LogP contribution in [0, 0.1) is 12.8 Å². The van der Waals surface area contributed by atoms with Gasteiger partial charge in [0.2, 0.25) is 5.91 Å². The largest absolute Gasteiger partial charge is 0.497 e. The van der Waals surface area contributed by atoms with Crippen LogP contribution in [0.25, 0.3) is 5.69 Å². The lowest BCUT2D eigenvalue weighted by molar-refractivity contribution is -0.128. The summed E-state index contributed by atoms with van der Waals surface area (Å²) in [5, 5.41) is 13.5. The zero-order valence-corrected chi connectivity index (χ0v) is 20.0. The molecule has 0 spiro atoms. The molecule has 8 heteroatoms. The number of aromatic nitrogens is 3. The van der Waals surface area contributed by atoms with E-state index in [0.29, 0.717) is 16.6 Å². The van der Waals surface area contributed by atoms with Gasteiger partial charge in [-0.1, -0.05) is 48.0 Å². The standard InChI is InChI=1S/C24H27ClN4O2S/c1-15-10-11-19(25)13-21(15)29-22(16(2)26-23(30)18-7-5-8-18)27-28-24(29)32-14-17-6-4-9-20(12-17)31-3/h4,6,9-13,16,18H,5,7-8,14H2,1-3H3,(H,26,30). The van der Waals surface area contributed by atoms with Crippen molar-refractivity contribution in [2.45, 2.75) is 50.1 Å². The van der Waals surface area contributed by atoms with Gasteiger partial charge in [0.05, 0.1) is 18.8 Å². The first kappa shape index (κ1) is 22.7. The van der Waals surface area contributed by atoms with Crippen LogP contribution in [-0.2, 0) is 10.5 Å². The van der Waals surface area contributed by atoms with Crippen LogP contribution in [0.2, 0.25) is 5.02 Å². The van der Waals surface area contributed by atoms with Gasteiger partial charge in [-0.25, -0.2) is 0 Å². The molecule has 0 saturated heterocycles. The van der Waals surface area contributed by atoms with Gasteiger partial charge in [-0.3, -0.25) is 9.36 Å². The van der Waals surface area contributed by atoms with E-state index in [-0.39, 0.29) is 17.9 Å². The minimum absolute atomic E-state index is 0.0895. The average molecular weight is 471 g/mol. The molecule has 0 aliphatic heterocycles. The van der Waals surface area contributed by atoms with Crippen LogP contribution in [0.4, 0.5) is 0 Å². The molecule has 4 rings (SSSR count). The van der Waals surface area contributed by atoms with Gasteiger partial charge >= 0.3 is 0 Å². The summed E-state index contributed by atoms with van der Waals surface area (Å²) in [6.45, 7) is 3.98. The maximum absolute atomic E-state index is 12.5. The molecule has 1 unspecified atom stereocenters. The number of carbonyl (C=O) groups excluding carboxylic acids is 1. The third-order valence-corrected chi connectivity index (χ3v) is 7.03. The number of nitrogens with one attached hydrogen (secondary N) is 1. The van der Waals surface area contributed by atoms with Crippen molar-refractivity contribution in [2.24, 2.45) is 5.92 Å². The highest BCUT2D eigenvalue weighted by Crippen LogP contribution is 2.32. The second-order valence-electron chi connectivity index (χ2n) is 8.11. The van der Waals surface area contributed by atoms with Gasteiger partial charge in [-0.2, -0.15) is 0 Å². The Morgan fingerprint density at radius 1 is 1.28 bits per heavy atom. The number of rotatable bonds is 8. The van der Waals surface area contributed by atoms with E-state index in [4.69, 9.17) is 16.3 Å². The van der Waals surface area contributed by atoms with Crippen molar-refractivity contribution < 1.29 is 9.53 Å². The van der Waals surface area contributed by atoms with E-state index in [1.807, 2.05) is 54.8 Å². The molecule has 2 aromatic carbocycles. The van der Waals surface area contributed by atoms with E-state index < -0.39 is 0 Å². The number of nitrogens with zero attached hydrogens (tertiary/aromatic N) is 3. The summed E-state index contributed by atoms with van der Waals surface area (Å²) in [5.74, 6) is 2.42. The Morgan fingerprint density at radius 2 is 2.09 bits per heavy atom. The third-order valence-electron chi connectivity index (χ3n) is 5.79. The molecule has 1 aliphatic carbocycles. The van der Waals surface area contributed by atoms with Gasteiger partial charge in [0.15, 0.2) is 11.0 Å². The smallest absolute Gasteiger partial charge is 0.223 e. The number of thioether (sulfide) groups is 1. The summed E-state index contributed by atoms with van der Waals surface area (Å²) < 4.78 is 7.35. The van der Waals surface area contributed by atoms with Crippen molar-refractivity contribution in [3.05, 3.63) is 64.4 Å². The number of halogens is 1. The summed E-state index contributed by atoms with van der Waals surface area (Å²) in [6, 6.07) is 13.5. The van der Waals surface area contributed by atoms with Crippen molar-refractivity contribution in [3.8, 4) is 11.4 Å². The van der Waals surface area contributed by atoms with Gasteiger partial charge in [-0.15, -0.1) is 10.2 Å². The molecule has 1 aromatic heterocycles. The second-order valence-corrected chi connectivity index (χ2v) is 9.48. The number of hydrogen-bond acceptors (Lipinski definition) is 5. The minimum Gasteiger partial charge on any atom is -0.497 e. The van der Waals surface area contributed by atoms with E-state index >= 15 is 0 Å². The Kier molecular flexibility index (Phi) is 7.06. The van der Waals surface area contributed by atoms with Crippen LogP contribution in [0.1, 0.15) is 49.2 Å². The zero-order chi connectivity index (χ0) is 22.7. The van der Waals surface area contributed by atoms with E-state index in [9.17, 15) is 4.79 Å². The number of hydrogen-bond donors (Lipinski definition) is 1. The van der Waals surface area contributed by atoms with E-state index in [0.717, 1.165) is 47.0 Å². The van der Waals surface area contributed by atoms with Gasteiger partial charge in [0.1, 0.15) is 5.75 Å². The number of methoxy groups -OCH3 is 1. The number of aryl methyl sites for hydroxylation is 1. The molecule has 1 aliphatic rings. The molecule has 1 amide bonds. The Bertz CT molecular complexity index is 1110. The molecule has 1 N–H and O–H groups in total. The predicted molar refractivity (Wildman–Crippen MR) is 128 cm³/mol. The third kappa shape index (κ3) is 4.94. The topological polar surface area (TPSA) is 69.0 Å². The molecule has 3 aromatic rings. The fourth-order valence-corrected chi connectivity index (χ4v) is 4.74. The molecule has 1 atom stereocenters. The molecule has 6 nitrogen and oxygen atoms in total. The first-order valence-corrected chi connectivity index (χ1v) is 12.1. The van der Waals surface area contributed by atoms with Crippen LogP contribution < -0.4 is 10.1 Å². The Balaban J connectivity index is 1.65. The van der Waals surface area contributed by atoms with Gasteiger partial charge in [-0.05, 0) is 62.1 Å². The Morgan fingerprint density at radius 3 is 2.81 bits per heavy atom. The zero-order valence-electron chi connectivity index (χ0n) is 18.5. The van der Waals surface area contributed by atoms with Crippen LogP contribution in [0.5, 0.6) is 5.75 Å². The summed E-state index contributed by atoms with van der Waals surface area (Å²) >= 11 is 7.92. The lowest BCUT2D eigenvalue weighted by atomic mass is 9.84. The lowest BCUT2D eigenvalue weighted by Crippen LogP contribution is -2.36. The van der Waals surface area contributed by atoms with E-state index in [1.54, 1.807) is 18.9 Å². The SMILES string of the molecule is COc1cccc(CSc2nnc(C(C)NC(=O)C3CCC3)n2-c2cc(Cl)ccc2C)c1. The summed E-state index contributed by atoms with van der Waals surface area (Å²) in [5.41, 5.74) is 3.09.